The molecule has 0 aliphatic rings. The Morgan fingerprint density at radius 1 is 1.14 bits per heavy atom. The third-order valence-electron chi connectivity index (χ3n) is 3.28. The fraction of sp³-hybridized carbons (Fsp3) is 0. The first-order valence-corrected chi connectivity index (χ1v) is 7.49. The van der Waals surface area contributed by atoms with Crippen LogP contribution in [0.1, 0.15) is 10.5 Å². The van der Waals surface area contributed by atoms with Gasteiger partial charge < -0.3 is 10.1 Å². The lowest BCUT2D eigenvalue weighted by Crippen LogP contribution is -2.01. The Kier molecular flexibility index (Phi) is 3.66. The number of nitrogens with one attached hydrogen (secondary N) is 2. The first kappa shape index (κ1) is 14.3. The van der Waals surface area contributed by atoms with Crippen molar-refractivity contribution in [2.24, 2.45) is 0 Å². The Morgan fingerprint density at radius 3 is 2.50 bits per heavy atom. The van der Waals surface area contributed by atoms with Gasteiger partial charge in [0.05, 0.1) is 0 Å². The molecule has 0 saturated carbocycles. The average Bonchev–Trinajstić information content (AvgIpc) is 2.86. The number of H-pyrrole nitrogens is 1. The summed E-state index contributed by atoms with van der Waals surface area (Å²) in [4.78, 5) is 14.4. The van der Waals surface area contributed by atoms with E-state index in [1.807, 2.05) is 30.3 Å². The van der Waals surface area contributed by atoms with E-state index in [1.54, 1.807) is 18.2 Å². The highest BCUT2D eigenvalue weighted by atomic mass is 32.2. The average molecular weight is 316 g/mol. The van der Waals surface area contributed by atoms with E-state index in [2.05, 4.69) is 9.71 Å². The zero-order valence-corrected chi connectivity index (χ0v) is 12.1. The number of rotatable bonds is 4. The highest BCUT2D eigenvalue weighted by molar-refractivity contribution is 7.80. The van der Waals surface area contributed by atoms with Crippen molar-refractivity contribution in [3.63, 3.8) is 0 Å². The number of carboxylic acid groups (broad SMARTS) is 1. The topological polar surface area (TPSA) is 102 Å². The molecule has 1 heterocycles. The molecule has 0 aliphatic carbocycles. The van der Waals surface area contributed by atoms with E-state index < -0.39 is 17.2 Å². The maximum Gasteiger partial charge on any atom is 0.352 e. The van der Waals surface area contributed by atoms with Crippen molar-refractivity contribution in [3.8, 4) is 11.1 Å². The van der Waals surface area contributed by atoms with Crippen LogP contribution in [0.4, 0.5) is 5.69 Å². The Labute approximate surface area is 128 Å². The molecule has 22 heavy (non-hydrogen) atoms. The zero-order chi connectivity index (χ0) is 15.7. The Morgan fingerprint density at radius 2 is 1.86 bits per heavy atom. The van der Waals surface area contributed by atoms with Crippen LogP contribution < -0.4 is 4.72 Å². The Hall–Kier alpha value is -2.64. The first-order valence-electron chi connectivity index (χ1n) is 6.38. The third-order valence-corrected chi connectivity index (χ3v) is 3.69. The van der Waals surface area contributed by atoms with Crippen molar-refractivity contribution in [2.45, 2.75) is 0 Å². The van der Waals surface area contributed by atoms with Crippen molar-refractivity contribution in [1.29, 1.82) is 0 Å². The van der Waals surface area contributed by atoms with Gasteiger partial charge in [0.15, 0.2) is 0 Å². The second-order valence-corrected chi connectivity index (χ2v) is 5.36. The van der Waals surface area contributed by atoms with E-state index in [4.69, 9.17) is 4.55 Å². The second kappa shape index (κ2) is 5.63. The van der Waals surface area contributed by atoms with Crippen molar-refractivity contribution in [3.05, 3.63) is 54.2 Å². The Bertz CT molecular complexity index is 874. The summed E-state index contributed by atoms with van der Waals surface area (Å²) in [5, 5.41) is 10.1. The van der Waals surface area contributed by atoms with Gasteiger partial charge in [0.1, 0.15) is 5.69 Å². The number of aromatic nitrogens is 1. The van der Waals surface area contributed by atoms with E-state index in [-0.39, 0.29) is 5.69 Å². The fourth-order valence-corrected chi connectivity index (χ4v) is 2.75. The molecule has 0 spiro atoms. The van der Waals surface area contributed by atoms with E-state index >= 15 is 0 Å². The number of carboxylic acids is 1. The van der Waals surface area contributed by atoms with Crippen molar-refractivity contribution < 1.29 is 18.7 Å². The number of aromatic carboxylic acids is 1. The van der Waals surface area contributed by atoms with Gasteiger partial charge in [0, 0.05) is 22.2 Å². The molecular formula is C15H12N2O4S. The minimum atomic E-state index is -2.19. The quantitative estimate of drug-likeness (QED) is 0.555. The summed E-state index contributed by atoms with van der Waals surface area (Å²) in [5.41, 5.74) is 2.47. The molecule has 0 amide bonds. The summed E-state index contributed by atoms with van der Waals surface area (Å²) >= 11 is -2.19. The summed E-state index contributed by atoms with van der Waals surface area (Å²) in [6, 6.07) is 14.1. The van der Waals surface area contributed by atoms with Gasteiger partial charge in [-0.1, -0.05) is 30.3 Å². The normalized spacial score (nSPS) is 12.2. The molecule has 0 bridgehead atoms. The van der Waals surface area contributed by atoms with Gasteiger partial charge in [-0.25, -0.2) is 9.00 Å². The summed E-state index contributed by atoms with van der Waals surface area (Å²) in [5.74, 6) is -1.06. The molecular weight excluding hydrogens is 304 g/mol. The first-order chi connectivity index (χ1) is 10.6. The minimum absolute atomic E-state index is 0.0865. The number of anilines is 1. The number of hydrogen-bond donors (Lipinski definition) is 4. The third kappa shape index (κ3) is 2.59. The van der Waals surface area contributed by atoms with Crippen LogP contribution in [0.25, 0.3) is 22.0 Å². The fourth-order valence-electron chi connectivity index (χ4n) is 2.42. The second-order valence-electron chi connectivity index (χ2n) is 4.66. The molecule has 1 atom stereocenters. The van der Waals surface area contributed by atoms with Crippen LogP contribution in [0, 0.1) is 0 Å². The van der Waals surface area contributed by atoms with Gasteiger partial charge in [0.25, 0.3) is 11.3 Å². The van der Waals surface area contributed by atoms with Gasteiger partial charge in [-0.3, -0.25) is 9.27 Å². The molecule has 7 heteroatoms. The van der Waals surface area contributed by atoms with Gasteiger partial charge in [-0.2, -0.15) is 0 Å². The molecule has 0 saturated heterocycles. The number of hydrogen-bond acceptors (Lipinski definition) is 2. The van der Waals surface area contributed by atoms with Crippen molar-refractivity contribution >= 4 is 33.8 Å². The van der Waals surface area contributed by atoms with Gasteiger partial charge in [-0.05, 0) is 23.8 Å². The molecule has 3 rings (SSSR count). The minimum Gasteiger partial charge on any atom is -0.477 e. The summed E-state index contributed by atoms with van der Waals surface area (Å²) < 4.78 is 22.2. The molecule has 3 aromatic rings. The van der Waals surface area contributed by atoms with Crippen LogP contribution in [0.5, 0.6) is 0 Å². The van der Waals surface area contributed by atoms with Crippen LogP contribution in [0.15, 0.2) is 48.5 Å². The molecule has 0 radical (unpaired) electrons. The molecule has 112 valence electrons. The van der Waals surface area contributed by atoms with E-state index in [9.17, 15) is 14.1 Å². The molecule has 1 aromatic heterocycles. The zero-order valence-electron chi connectivity index (χ0n) is 11.2. The summed E-state index contributed by atoms with van der Waals surface area (Å²) in [7, 11) is 0. The standard InChI is InChI=1S/C15H12N2O4S/c18-15(19)14-13(9-4-2-1-3-5-9)11-8-10(17-22(20)21)6-7-12(11)16-14/h1-8,16-17H,(H,18,19)(H,20,21). The van der Waals surface area contributed by atoms with Gasteiger partial charge >= 0.3 is 5.97 Å². The summed E-state index contributed by atoms with van der Waals surface area (Å²) in [6.45, 7) is 0. The van der Waals surface area contributed by atoms with E-state index in [1.165, 1.54) is 0 Å². The number of fused-ring (bicyclic) bond motifs is 1. The van der Waals surface area contributed by atoms with E-state index in [0.29, 0.717) is 22.2 Å². The maximum absolute atomic E-state index is 11.5. The van der Waals surface area contributed by atoms with Crippen LogP contribution in [0.3, 0.4) is 0 Å². The lowest BCUT2D eigenvalue weighted by molar-refractivity contribution is 0.0692. The van der Waals surface area contributed by atoms with Crippen molar-refractivity contribution in [2.75, 3.05) is 4.72 Å². The predicted molar refractivity (Wildman–Crippen MR) is 85.1 cm³/mol. The molecule has 1 unspecified atom stereocenters. The van der Waals surface area contributed by atoms with Crippen molar-refractivity contribution in [1.82, 2.24) is 4.98 Å². The lowest BCUT2D eigenvalue weighted by Gasteiger charge is -2.04. The van der Waals surface area contributed by atoms with Gasteiger partial charge in [-0.15, -0.1) is 0 Å². The number of aromatic amines is 1. The van der Waals surface area contributed by atoms with Crippen LogP contribution >= 0.6 is 0 Å². The van der Waals surface area contributed by atoms with E-state index in [0.717, 1.165) is 5.56 Å². The number of benzene rings is 2. The SMILES string of the molecule is O=C(O)c1[nH]c2ccc(NS(=O)O)cc2c1-c1ccccc1. The molecule has 0 fully saturated rings. The Balaban J connectivity index is 2.27. The smallest absolute Gasteiger partial charge is 0.352 e. The van der Waals surface area contributed by atoms with Gasteiger partial charge in [0.2, 0.25) is 0 Å². The number of carbonyl (C=O) groups is 1. The molecule has 6 nitrogen and oxygen atoms in total. The summed E-state index contributed by atoms with van der Waals surface area (Å²) in [6.07, 6.45) is 0. The predicted octanol–water partition coefficient (Wildman–Crippen LogP) is 3.08. The lowest BCUT2D eigenvalue weighted by atomic mass is 10.0. The molecule has 2 aromatic carbocycles. The monoisotopic (exact) mass is 316 g/mol. The highest BCUT2D eigenvalue weighted by Crippen LogP contribution is 2.34. The molecule has 4 N–H and O–H groups in total. The maximum atomic E-state index is 11.5. The molecule has 0 aliphatic heterocycles. The largest absolute Gasteiger partial charge is 0.477 e. The van der Waals surface area contributed by atoms with Crippen LogP contribution in [-0.2, 0) is 11.3 Å². The highest BCUT2D eigenvalue weighted by Gasteiger charge is 2.18. The van der Waals surface area contributed by atoms with Crippen LogP contribution in [-0.4, -0.2) is 24.8 Å². The van der Waals surface area contributed by atoms with Crippen LogP contribution in [0.2, 0.25) is 0 Å².